The third kappa shape index (κ3) is 3.12. The lowest BCUT2D eigenvalue weighted by Crippen LogP contribution is -2.44. The van der Waals surface area contributed by atoms with Crippen LogP contribution in [-0.2, 0) is 9.53 Å². The fourth-order valence-electron chi connectivity index (χ4n) is 6.36. The molecule has 0 unspecified atom stereocenters. The summed E-state index contributed by atoms with van der Waals surface area (Å²) in [6, 6.07) is 5.53. The quantitative estimate of drug-likeness (QED) is 0.435. The Hall–Kier alpha value is -2.24. The summed E-state index contributed by atoms with van der Waals surface area (Å²) in [5.41, 5.74) is 0.269. The molecule has 7 atom stereocenters. The maximum absolute atomic E-state index is 12.8. The van der Waals surface area contributed by atoms with Crippen LogP contribution < -0.4 is 0 Å². The minimum Gasteiger partial charge on any atom is -0.458 e. The van der Waals surface area contributed by atoms with Crippen LogP contribution in [0.5, 0.6) is 0 Å². The van der Waals surface area contributed by atoms with Gasteiger partial charge in [-0.2, -0.15) is 0 Å². The number of rotatable bonds is 4. The minimum absolute atomic E-state index is 0.0266. The fourth-order valence-corrected chi connectivity index (χ4v) is 6.36. The number of ether oxygens (including phenoxy) is 1. The van der Waals surface area contributed by atoms with Gasteiger partial charge < -0.3 is 4.74 Å². The van der Waals surface area contributed by atoms with Crippen molar-refractivity contribution in [1.82, 2.24) is 0 Å². The van der Waals surface area contributed by atoms with Crippen molar-refractivity contribution in [2.24, 2.45) is 35.5 Å². The van der Waals surface area contributed by atoms with Gasteiger partial charge in [0.15, 0.2) is 0 Å². The summed E-state index contributed by atoms with van der Waals surface area (Å²) in [6.07, 6.45) is 4.20. The lowest BCUT2D eigenvalue weighted by molar-refractivity contribution is -0.384. The highest BCUT2D eigenvalue weighted by atomic mass is 16.6. The second-order valence-electron chi connectivity index (χ2n) is 8.79. The molecule has 28 heavy (non-hydrogen) atoms. The molecule has 3 fully saturated rings. The summed E-state index contributed by atoms with van der Waals surface area (Å²) >= 11 is 0. The van der Waals surface area contributed by atoms with E-state index in [0.29, 0.717) is 53.8 Å². The van der Waals surface area contributed by atoms with Crippen LogP contribution >= 0.6 is 0 Å². The summed E-state index contributed by atoms with van der Waals surface area (Å²) in [4.78, 5) is 35.5. The van der Waals surface area contributed by atoms with E-state index in [1.165, 1.54) is 24.3 Å². The summed E-state index contributed by atoms with van der Waals surface area (Å²) in [5, 5.41) is 10.8. The van der Waals surface area contributed by atoms with Crippen LogP contribution in [0.15, 0.2) is 24.3 Å². The third-order valence-electron chi connectivity index (χ3n) is 7.53. The molecule has 0 spiro atoms. The van der Waals surface area contributed by atoms with E-state index < -0.39 is 10.9 Å². The number of esters is 1. The molecular weight excluding hydrogens is 358 g/mol. The monoisotopic (exact) mass is 385 g/mol. The molecule has 3 saturated carbocycles. The third-order valence-corrected chi connectivity index (χ3v) is 7.53. The van der Waals surface area contributed by atoms with E-state index in [1.807, 2.05) is 0 Å². The summed E-state index contributed by atoms with van der Waals surface area (Å²) in [7, 11) is 0. The highest BCUT2D eigenvalue weighted by Crippen LogP contribution is 2.57. The molecule has 150 valence electrons. The maximum atomic E-state index is 12.8. The molecule has 0 amide bonds. The molecule has 1 aromatic rings. The van der Waals surface area contributed by atoms with E-state index in [9.17, 15) is 19.7 Å². The van der Waals surface area contributed by atoms with Crippen LogP contribution in [0.3, 0.4) is 0 Å². The van der Waals surface area contributed by atoms with Crippen molar-refractivity contribution in [2.75, 3.05) is 0 Å². The number of ketones is 1. The van der Waals surface area contributed by atoms with Gasteiger partial charge in [-0.15, -0.1) is 0 Å². The number of fused-ring (bicyclic) bond motifs is 3. The van der Waals surface area contributed by atoms with Crippen molar-refractivity contribution in [3.63, 3.8) is 0 Å². The molecule has 0 aliphatic heterocycles. The van der Waals surface area contributed by atoms with E-state index in [-0.39, 0.29) is 17.7 Å². The highest BCUT2D eigenvalue weighted by Gasteiger charge is 2.56. The topological polar surface area (TPSA) is 86.5 Å². The van der Waals surface area contributed by atoms with Crippen LogP contribution in [0, 0.1) is 45.6 Å². The number of nitrogens with zero attached hydrogens (tertiary/aromatic N) is 1. The molecule has 0 saturated heterocycles. The van der Waals surface area contributed by atoms with Crippen molar-refractivity contribution in [1.29, 1.82) is 0 Å². The van der Waals surface area contributed by atoms with Crippen LogP contribution in [-0.4, -0.2) is 22.8 Å². The first-order valence-electron chi connectivity index (χ1n) is 10.4. The van der Waals surface area contributed by atoms with Gasteiger partial charge in [0.2, 0.25) is 0 Å². The molecule has 0 heterocycles. The van der Waals surface area contributed by atoms with E-state index in [0.717, 1.165) is 19.3 Å². The van der Waals surface area contributed by atoms with Gasteiger partial charge in [0, 0.05) is 30.4 Å². The number of carbonyl (C=O) groups is 2. The molecule has 6 heteroatoms. The Kier molecular flexibility index (Phi) is 4.98. The Morgan fingerprint density at radius 1 is 1.21 bits per heavy atom. The second kappa shape index (κ2) is 7.30. The van der Waals surface area contributed by atoms with Crippen LogP contribution in [0.4, 0.5) is 5.69 Å². The van der Waals surface area contributed by atoms with Gasteiger partial charge in [0.1, 0.15) is 11.9 Å². The SMILES string of the molecule is CC[C@H]1[C@H]2[C@H](C[C@H]1C)[C@H]1CCC(=O)[C@H]1C[C@H]2OC(=O)c1ccc([N+](=O)[O-])cc1. The summed E-state index contributed by atoms with van der Waals surface area (Å²) in [5.74, 6) is 2.22. The van der Waals surface area contributed by atoms with Crippen LogP contribution in [0.2, 0.25) is 0 Å². The van der Waals surface area contributed by atoms with E-state index in [1.54, 1.807) is 0 Å². The van der Waals surface area contributed by atoms with Crippen LogP contribution in [0.25, 0.3) is 0 Å². The Morgan fingerprint density at radius 3 is 2.57 bits per heavy atom. The maximum Gasteiger partial charge on any atom is 0.338 e. The molecule has 3 aliphatic carbocycles. The lowest BCUT2D eigenvalue weighted by atomic mass is 9.65. The van der Waals surface area contributed by atoms with Gasteiger partial charge in [-0.3, -0.25) is 14.9 Å². The van der Waals surface area contributed by atoms with E-state index in [4.69, 9.17) is 4.74 Å². The summed E-state index contributed by atoms with van der Waals surface area (Å²) < 4.78 is 5.97. The number of hydrogen-bond acceptors (Lipinski definition) is 5. The molecule has 1 aromatic carbocycles. The smallest absolute Gasteiger partial charge is 0.338 e. The zero-order valence-electron chi connectivity index (χ0n) is 16.4. The molecule has 0 N–H and O–H groups in total. The van der Waals surface area contributed by atoms with Crippen molar-refractivity contribution < 1.29 is 19.2 Å². The molecule has 3 aliphatic rings. The first kappa shape index (κ1) is 19.1. The number of Topliss-reactive ketones (excluding diaryl/α,β-unsaturated/α-hetero) is 1. The average molecular weight is 385 g/mol. The van der Waals surface area contributed by atoms with Gasteiger partial charge >= 0.3 is 5.97 Å². The van der Waals surface area contributed by atoms with Crippen molar-refractivity contribution in [3.05, 3.63) is 39.9 Å². The molecular formula is C22H27NO5. The summed E-state index contributed by atoms with van der Waals surface area (Å²) in [6.45, 7) is 4.48. The zero-order valence-corrected chi connectivity index (χ0v) is 16.4. The number of benzene rings is 1. The van der Waals surface area contributed by atoms with E-state index in [2.05, 4.69) is 13.8 Å². The zero-order chi connectivity index (χ0) is 20.0. The predicted molar refractivity (Wildman–Crippen MR) is 103 cm³/mol. The van der Waals surface area contributed by atoms with Gasteiger partial charge in [-0.05, 0) is 55.1 Å². The second-order valence-corrected chi connectivity index (χ2v) is 8.79. The van der Waals surface area contributed by atoms with Gasteiger partial charge in [-0.1, -0.05) is 20.3 Å². The Bertz CT molecular complexity index is 789. The Labute approximate surface area is 164 Å². The standard InChI is InChI=1S/C22H27NO5/c1-3-15-12(2)10-18-16-8-9-19(24)17(16)11-20(21(15)18)28-22(25)13-4-6-14(7-5-13)23(26)27/h4-7,12,15-18,20-21H,3,8-11H2,1-2H3/t12-,15-,16+,17+,18-,20-,21+/m1/s1. The normalized spacial score (nSPS) is 36.6. The predicted octanol–water partition coefficient (Wildman–Crippen LogP) is 4.42. The highest BCUT2D eigenvalue weighted by molar-refractivity contribution is 5.90. The fraction of sp³-hybridized carbons (Fsp3) is 0.636. The average Bonchev–Trinajstić information content (AvgIpc) is 3.21. The number of nitro benzene ring substituents is 1. The van der Waals surface area contributed by atoms with E-state index >= 15 is 0 Å². The number of carbonyl (C=O) groups excluding carboxylic acids is 2. The number of nitro groups is 1. The minimum atomic E-state index is -0.488. The first-order chi connectivity index (χ1) is 13.4. The lowest BCUT2D eigenvalue weighted by Gasteiger charge is -2.42. The van der Waals surface area contributed by atoms with Crippen molar-refractivity contribution in [2.45, 2.75) is 52.1 Å². The van der Waals surface area contributed by atoms with Gasteiger partial charge in [-0.25, -0.2) is 4.79 Å². The molecule has 6 nitrogen and oxygen atoms in total. The number of hydrogen-bond donors (Lipinski definition) is 0. The largest absolute Gasteiger partial charge is 0.458 e. The van der Waals surface area contributed by atoms with Crippen LogP contribution in [0.1, 0.15) is 56.3 Å². The van der Waals surface area contributed by atoms with Gasteiger partial charge in [0.25, 0.3) is 5.69 Å². The first-order valence-corrected chi connectivity index (χ1v) is 10.4. The van der Waals surface area contributed by atoms with Crippen molar-refractivity contribution in [3.8, 4) is 0 Å². The molecule has 0 radical (unpaired) electrons. The Morgan fingerprint density at radius 2 is 1.93 bits per heavy atom. The number of non-ortho nitro benzene ring substituents is 1. The molecule has 0 aromatic heterocycles. The molecule has 4 rings (SSSR count). The van der Waals surface area contributed by atoms with Crippen molar-refractivity contribution >= 4 is 17.4 Å². The van der Waals surface area contributed by atoms with Gasteiger partial charge in [0.05, 0.1) is 10.5 Å². The Balaban J connectivity index is 1.57. The molecule has 0 bridgehead atoms.